The average molecular weight is 292 g/mol. The Bertz CT molecular complexity index is 460. The van der Waals surface area contributed by atoms with Gasteiger partial charge in [0.1, 0.15) is 0 Å². The van der Waals surface area contributed by atoms with E-state index < -0.39 is 0 Å². The maximum atomic E-state index is 9.44. The maximum absolute atomic E-state index is 9.44. The lowest BCUT2D eigenvalue weighted by atomic mass is 9.60. The number of oxime groups is 1. The minimum atomic E-state index is -0.230. The van der Waals surface area contributed by atoms with Crippen molar-refractivity contribution in [3.05, 3.63) is 11.1 Å². The van der Waals surface area contributed by atoms with Gasteiger partial charge in [-0.25, -0.2) is 0 Å². The topological polar surface area (TPSA) is 56.4 Å². The van der Waals surface area contributed by atoms with Crippen LogP contribution in [0, 0.1) is 33.5 Å². The molecule has 0 aromatic carbocycles. The van der Waals surface area contributed by atoms with E-state index in [0.29, 0.717) is 5.92 Å². The van der Waals surface area contributed by atoms with E-state index in [9.17, 15) is 5.26 Å². The number of hydrogen-bond acceptors (Lipinski definition) is 3. The largest absolute Gasteiger partial charge is 0.411 e. The van der Waals surface area contributed by atoms with Gasteiger partial charge in [-0.05, 0) is 35.7 Å². The molecule has 0 fully saturated rings. The highest BCUT2D eigenvalue weighted by atomic mass is 16.4. The average Bonchev–Trinajstić information content (AvgIpc) is 2.25. The summed E-state index contributed by atoms with van der Waals surface area (Å²) in [7, 11) is 0. The SMILES string of the molecule is C/C(C#N)=C(/C(C)(C)CC(C)(C)/C=N/O)C(C)(C)C(C)C. The standard InChI is InChI=1S/C18H32N2O/c1-13(2)18(8,9)15(14(3)10-19)17(6,7)11-16(4,5)12-20-21/h12-13,21H,11H2,1-9H3/b15-14+,20-12+. The van der Waals surface area contributed by atoms with Crippen molar-refractivity contribution in [1.29, 1.82) is 5.26 Å². The van der Waals surface area contributed by atoms with E-state index in [2.05, 4.69) is 66.6 Å². The summed E-state index contributed by atoms with van der Waals surface area (Å²) in [6.07, 6.45) is 2.39. The van der Waals surface area contributed by atoms with Crippen LogP contribution in [0.15, 0.2) is 16.3 Å². The fourth-order valence-electron chi connectivity index (χ4n) is 3.64. The van der Waals surface area contributed by atoms with Gasteiger partial charge in [-0.2, -0.15) is 5.26 Å². The molecule has 1 N–H and O–H groups in total. The van der Waals surface area contributed by atoms with Gasteiger partial charge in [0.2, 0.25) is 0 Å². The van der Waals surface area contributed by atoms with Crippen molar-refractivity contribution in [2.75, 3.05) is 0 Å². The summed E-state index contributed by atoms with van der Waals surface area (Å²) in [6.45, 7) is 19.2. The lowest BCUT2D eigenvalue weighted by Crippen LogP contribution is -2.35. The van der Waals surface area contributed by atoms with E-state index in [0.717, 1.165) is 12.0 Å². The van der Waals surface area contributed by atoms with Crippen LogP contribution in [-0.2, 0) is 0 Å². The molecule has 0 amide bonds. The second-order valence-electron chi connectivity index (χ2n) is 8.28. The van der Waals surface area contributed by atoms with Gasteiger partial charge < -0.3 is 5.21 Å². The first-order valence-electron chi connectivity index (χ1n) is 7.62. The third-order valence-electron chi connectivity index (χ3n) is 4.61. The van der Waals surface area contributed by atoms with Crippen molar-refractivity contribution >= 4 is 6.21 Å². The van der Waals surface area contributed by atoms with Gasteiger partial charge in [0, 0.05) is 17.2 Å². The van der Waals surface area contributed by atoms with Crippen LogP contribution in [-0.4, -0.2) is 11.4 Å². The first-order chi connectivity index (χ1) is 9.31. The van der Waals surface area contributed by atoms with Crippen LogP contribution in [0.3, 0.4) is 0 Å². The minimum absolute atomic E-state index is 0.0598. The molecule has 3 nitrogen and oxygen atoms in total. The molecular weight excluding hydrogens is 260 g/mol. The molecule has 0 heterocycles. The van der Waals surface area contributed by atoms with Crippen LogP contribution in [0.4, 0.5) is 0 Å². The van der Waals surface area contributed by atoms with Gasteiger partial charge in [-0.1, -0.05) is 55.4 Å². The third kappa shape index (κ3) is 4.88. The number of hydrogen-bond donors (Lipinski definition) is 1. The Morgan fingerprint density at radius 3 is 2.00 bits per heavy atom. The van der Waals surface area contributed by atoms with E-state index >= 15 is 0 Å². The Morgan fingerprint density at radius 2 is 1.67 bits per heavy atom. The zero-order chi connectivity index (χ0) is 17.1. The highest BCUT2D eigenvalue weighted by Crippen LogP contribution is 2.50. The van der Waals surface area contributed by atoms with Crippen molar-refractivity contribution in [1.82, 2.24) is 0 Å². The van der Waals surface area contributed by atoms with Crippen LogP contribution >= 0.6 is 0 Å². The Balaban J connectivity index is 5.95. The molecule has 0 aliphatic heterocycles. The number of nitrogens with zero attached hydrogens (tertiary/aromatic N) is 2. The van der Waals surface area contributed by atoms with Crippen LogP contribution in [0.5, 0.6) is 0 Å². The summed E-state index contributed by atoms with van der Waals surface area (Å²) >= 11 is 0. The maximum Gasteiger partial charge on any atom is 0.0944 e. The van der Waals surface area contributed by atoms with Gasteiger partial charge in [-0.15, -0.1) is 5.16 Å². The summed E-state index contributed by atoms with van der Waals surface area (Å²) in [5, 5.41) is 21.5. The van der Waals surface area contributed by atoms with Crippen molar-refractivity contribution in [2.45, 2.75) is 68.7 Å². The second kappa shape index (κ2) is 6.64. The van der Waals surface area contributed by atoms with Crippen molar-refractivity contribution < 1.29 is 5.21 Å². The minimum Gasteiger partial charge on any atom is -0.411 e. The Hall–Kier alpha value is -1.30. The summed E-state index contributed by atoms with van der Waals surface area (Å²) in [5.41, 5.74) is 1.56. The van der Waals surface area contributed by atoms with E-state index in [-0.39, 0.29) is 16.2 Å². The van der Waals surface area contributed by atoms with Crippen molar-refractivity contribution in [3.8, 4) is 6.07 Å². The quantitative estimate of drug-likeness (QED) is 0.308. The molecule has 0 aliphatic rings. The second-order valence-corrected chi connectivity index (χ2v) is 8.28. The molecule has 0 rings (SSSR count). The van der Waals surface area contributed by atoms with E-state index in [4.69, 9.17) is 5.21 Å². The molecule has 0 saturated heterocycles. The zero-order valence-corrected chi connectivity index (χ0v) is 15.2. The van der Waals surface area contributed by atoms with Crippen molar-refractivity contribution in [3.63, 3.8) is 0 Å². The van der Waals surface area contributed by atoms with Gasteiger partial charge in [0.05, 0.1) is 6.07 Å². The van der Waals surface area contributed by atoms with Crippen LogP contribution in [0.2, 0.25) is 0 Å². The molecule has 120 valence electrons. The molecule has 21 heavy (non-hydrogen) atoms. The molecule has 0 aromatic rings. The van der Waals surface area contributed by atoms with Gasteiger partial charge in [0.15, 0.2) is 0 Å². The van der Waals surface area contributed by atoms with Crippen molar-refractivity contribution in [2.24, 2.45) is 27.3 Å². The molecule has 0 aromatic heterocycles. The number of rotatable bonds is 6. The predicted molar refractivity (Wildman–Crippen MR) is 89.4 cm³/mol. The van der Waals surface area contributed by atoms with E-state index in [1.807, 2.05) is 6.92 Å². The normalized spacial score (nSPS) is 15.3. The van der Waals surface area contributed by atoms with Crippen LogP contribution in [0.25, 0.3) is 0 Å². The monoisotopic (exact) mass is 292 g/mol. The zero-order valence-electron chi connectivity index (χ0n) is 15.2. The first-order valence-corrected chi connectivity index (χ1v) is 7.62. The highest BCUT2D eigenvalue weighted by molar-refractivity contribution is 5.64. The summed E-state index contributed by atoms with van der Waals surface area (Å²) in [6, 6.07) is 2.35. The Labute approximate surface area is 130 Å². The first kappa shape index (κ1) is 19.7. The highest BCUT2D eigenvalue weighted by Gasteiger charge is 2.41. The van der Waals surface area contributed by atoms with Gasteiger partial charge in [-0.3, -0.25) is 0 Å². The summed E-state index contributed by atoms with van der Waals surface area (Å²) < 4.78 is 0. The lowest BCUT2D eigenvalue weighted by Gasteiger charge is -2.44. The summed E-state index contributed by atoms with van der Waals surface area (Å²) in [5.74, 6) is 0.435. The Morgan fingerprint density at radius 1 is 1.19 bits per heavy atom. The van der Waals surface area contributed by atoms with E-state index in [1.54, 1.807) is 6.21 Å². The molecule has 0 atom stereocenters. The van der Waals surface area contributed by atoms with Crippen LogP contribution in [0.1, 0.15) is 68.7 Å². The number of allylic oxidation sites excluding steroid dienone is 2. The fraction of sp³-hybridized carbons (Fsp3) is 0.778. The molecule has 0 spiro atoms. The molecular formula is C18H32N2O. The van der Waals surface area contributed by atoms with Crippen LogP contribution < -0.4 is 0 Å². The summed E-state index contributed by atoms with van der Waals surface area (Å²) in [4.78, 5) is 0. The Kier molecular flexibility index (Phi) is 6.23. The predicted octanol–water partition coefficient (Wildman–Crippen LogP) is 5.41. The molecule has 3 heteroatoms. The van der Waals surface area contributed by atoms with Gasteiger partial charge in [0.25, 0.3) is 0 Å². The molecule has 0 bridgehead atoms. The molecule has 0 unspecified atom stereocenters. The third-order valence-corrected chi connectivity index (χ3v) is 4.61. The van der Waals surface area contributed by atoms with E-state index in [1.165, 1.54) is 5.57 Å². The molecule has 0 aliphatic carbocycles. The molecule has 0 saturated carbocycles. The lowest BCUT2D eigenvalue weighted by molar-refractivity contribution is 0.202. The molecule has 0 radical (unpaired) electrons. The number of nitriles is 1. The van der Waals surface area contributed by atoms with Gasteiger partial charge >= 0.3 is 0 Å². The smallest absolute Gasteiger partial charge is 0.0944 e. The fourth-order valence-corrected chi connectivity index (χ4v) is 3.64.